The molecule has 146 valence electrons. The normalized spacial score (nSPS) is 26.4. The summed E-state index contributed by atoms with van der Waals surface area (Å²) in [5.41, 5.74) is -0.291. The monoisotopic (exact) mass is 384 g/mol. The third-order valence-corrected chi connectivity index (χ3v) is 6.77. The van der Waals surface area contributed by atoms with Crippen molar-refractivity contribution in [2.24, 2.45) is 5.92 Å². The summed E-state index contributed by atoms with van der Waals surface area (Å²) < 4.78 is 26.3. The summed E-state index contributed by atoms with van der Waals surface area (Å²) in [7, 11) is -3.25. The molecule has 0 saturated carbocycles. The highest BCUT2D eigenvalue weighted by molar-refractivity contribution is 7.88. The quantitative estimate of drug-likeness (QED) is 0.746. The summed E-state index contributed by atoms with van der Waals surface area (Å²) >= 11 is 0. The second kappa shape index (κ2) is 7.38. The largest absolute Gasteiger partial charge is 0.387 e. The van der Waals surface area contributed by atoms with E-state index >= 15 is 0 Å². The summed E-state index contributed by atoms with van der Waals surface area (Å²) in [5, 5.41) is 10.7. The van der Waals surface area contributed by atoms with E-state index < -0.39 is 15.6 Å². The molecule has 0 bridgehead atoms. The maximum absolute atomic E-state index is 12.1. The Bertz CT molecular complexity index is 801. The average Bonchev–Trinajstić information content (AvgIpc) is 2.96. The van der Waals surface area contributed by atoms with Crippen LogP contribution in [-0.4, -0.2) is 76.9 Å². The van der Waals surface area contributed by atoms with Gasteiger partial charge in [-0.2, -0.15) is 4.31 Å². The second-order valence-electron chi connectivity index (χ2n) is 7.82. The molecule has 2 fully saturated rings. The summed E-state index contributed by atoms with van der Waals surface area (Å²) in [6.07, 6.45) is 6.75. The number of likely N-dealkylation sites (tertiary alicyclic amines) is 1. The van der Waals surface area contributed by atoms with Crippen LogP contribution < -0.4 is 5.56 Å². The smallest absolute Gasteiger partial charge is 0.256 e. The number of aryl methyl sites for hydroxylation is 1. The van der Waals surface area contributed by atoms with E-state index in [0.717, 1.165) is 25.9 Å². The topological polar surface area (TPSA) is 95.7 Å². The zero-order chi connectivity index (χ0) is 18.9. The van der Waals surface area contributed by atoms with Gasteiger partial charge in [-0.25, -0.2) is 13.4 Å². The molecule has 1 N–H and O–H groups in total. The van der Waals surface area contributed by atoms with Gasteiger partial charge in [0.05, 0.1) is 18.2 Å². The van der Waals surface area contributed by atoms with Crippen LogP contribution in [-0.2, 0) is 16.6 Å². The van der Waals surface area contributed by atoms with Gasteiger partial charge < -0.3 is 10.0 Å². The van der Waals surface area contributed by atoms with Crippen molar-refractivity contribution in [1.29, 1.82) is 0 Å². The fourth-order valence-electron chi connectivity index (χ4n) is 3.94. The Labute approximate surface area is 154 Å². The predicted octanol–water partition coefficient (Wildman–Crippen LogP) is -0.340. The lowest BCUT2D eigenvalue weighted by atomic mass is 9.94. The number of nitrogens with zero attached hydrogens (tertiary/aromatic N) is 4. The zero-order valence-electron chi connectivity index (χ0n) is 15.5. The predicted molar refractivity (Wildman–Crippen MR) is 98.4 cm³/mol. The van der Waals surface area contributed by atoms with E-state index in [9.17, 15) is 18.3 Å². The highest BCUT2D eigenvalue weighted by Gasteiger charge is 2.41. The number of β-amino-alcohol motifs (C(OH)–C–C–N with tert-alkyl or cyclic N) is 1. The number of rotatable bonds is 5. The van der Waals surface area contributed by atoms with Gasteiger partial charge >= 0.3 is 0 Å². The van der Waals surface area contributed by atoms with E-state index in [4.69, 9.17) is 0 Å². The minimum Gasteiger partial charge on any atom is -0.387 e. The van der Waals surface area contributed by atoms with Gasteiger partial charge in [-0.3, -0.25) is 9.36 Å². The molecule has 3 heterocycles. The van der Waals surface area contributed by atoms with Crippen LogP contribution in [0, 0.1) is 12.8 Å². The summed E-state index contributed by atoms with van der Waals surface area (Å²) in [6.45, 7) is 5.20. The Morgan fingerprint density at radius 1 is 1.31 bits per heavy atom. The number of hydrogen-bond acceptors (Lipinski definition) is 6. The molecule has 26 heavy (non-hydrogen) atoms. The fourth-order valence-corrected chi connectivity index (χ4v) is 4.84. The third-order valence-electron chi connectivity index (χ3n) is 5.52. The van der Waals surface area contributed by atoms with Gasteiger partial charge in [0.1, 0.15) is 0 Å². The van der Waals surface area contributed by atoms with Crippen molar-refractivity contribution < 1.29 is 13.5 Å². The van der Waals surface area contributed by atoms with Crippen LogP contribution in [0.4, 0.5) is 0 Å². The molecule has 0 aliphatic carbocycles. The molecule has 2 aliphatic heterocycles. The van der Waals surface area contributed by atoms with Gasteiger partial charge in [-0.05, 0) is 45.2 Å². The molecule has 9 heteroatoms. The Morgan fingerprint density at radius 3 is 2.62 bits per heavy atom. The standard InChI is InChI=1S/C17H28N4O4S/c1-14-9-18-13-20(16(14)22)10-15-3-6-19(7-4-15)11-17(23)5-8-21(12-17)26(2,24)25/h9,13,15,23H,3-8,10-12H2,1-2H3. The Balaban J connectivity index is 1.51. The van der Waals surface area contributed by atoms with Crippen LogP contribution in [0.2, 0.25) is 0 Å². The molecule has 3 rings (SSSR count). The lowest BCUT2D eigenvalue weighted by Gasteiger charge is -2.36. The van der Waals surface area contributed by atoms with Crippen molar-refractivity contribution >= 4 is 10.0 Å². The van der Waals surface area contributed by atoms with E-state index in [1.807, 2.05) is 0 Å². The maximum Gasteiger partial charge on any atom is 0.256 e. The maximum atomic E-state index is 12.1. The summed E-state index contributed by atoms with van der Waals surface area (Å²) in [5.74, 6) is 0.415. The van der Waals surface area contributed by atoms with E-state index in [1.165, 1.54) is 10.6 Å². The van der Waals surface area contributed by atoms with Crippen LogP contribution in [0.3, 0.4) is 0 Å². The van der Waals surface area contributed by atoms with Crippen molar-refractivity contribution in [3.8, 4) is 0 Å². The number of aromatic nitrogens is 2. The van der Waals surface area contributed by atoms with E-state index in [0.29, 0.717) is 37.5 Å². The first-order chi connectivity index (χ1) is 12.2. The van der Waals surface area contributed by atoms with Crippen LogP contribution in [0.5, 0.6) is 0 Å². The van der Waals surface area contributed by atoms with E-state index in [-0.39, 0.29) is 12.1 Å². The number of hydrogen-bond donors (Lipinski definition) is 1. The molecule has 0 aromatic carbocycles. The van der Waals surface area contributed by atoms with Gasteiger partial charge in [-0.15, -0.1) is 0 Å². The zero-order valence-corrected chi connectivity index (χ0v) is 16.3. The molecular formula is C17H28N4O4S. The summed E-state index contributed by atoms with van der Waals surface area (Å²) in [6, 6.07) is 0. The molecule has 2 aliphatic rings. The van der Waals surface area contributed by atoms with Crippen molar-refractivity contribution in [3.05, 3.63) is 28.4 Å². The molecule has 2 saturated heterocycles. The van der Waals surface area contributed by atoms with Gasteiger partial charge in [0.15, 0.2) is 0 Å². The number of sulfonamides is 1. The third kappa shape index (κ3) is 4.51. The van der Waals surface area contributed by atoms with E-state index in [2.05, 4.69) is 9.88 Å². The first kappa shape index (κ1) is 19.5. The molecule has 1 atom stereocenters. The van der Waals surface area contributed by atoms with Gasteiger partial charge in [0.25, 0.3) is 5.56 Å². The highest BCUT2D eigenvalue weighted by Crippen LogP contribution is 2.27. The fraction of sp³-hybridized carbons (Fsp3) is 0.765. The highest BCUT2D eigenvalue weighted by atomic mass is 32.2. The molecule has 1 aromatic heterocycles. The van der Waals surface area contributed by atoms with Crippen molar-refractivity contribution in [1.82, 2.24) is 18.8 Å². The number of piperidine rings is 1. The molecule has 8 nitrogen and oxygen atoms in total. The van der Waals surface area contributed by atoms with Crippen molar-refractivity contribution in [2.45, 2.75) is 38.3 Å². The Kier molecular flexibility index (Phi) is 5.53. The van der Waals surface area contributed by atoms with E-state index in [1.54, 1.807) is 24.0 Å². The molecule has 0 amide bonds. The minimum absolute atomic E-state index is 0.0172. The van der Waals surface area contributed by atoms with Crippen LogP contribution in [0.1, 0.15) is 24.8 Å². The Morgan fingerprint density at radius 2 is 2.00 bits per heavy atom. The Hall–Kier alpha value is -1.29. The molecule has 0 radical (unpaired) electrons. The lowest BCUT2D eigenvalue weighted by Crippen LogP contribution is -2.48. The lowest BCUT2D eigenvalue weighted by molar-refractivity contribution is 0.00600. The molecule has 1 unspecified atom stereocenters. The average molecular weight is 385 g/mol. The van der Waals surface area contributed by atoms with Gasteiger partial charge in [0, 0.05) is 37.9 Å². The second-order valence-corrected chi connectivity index (χ2v) is 9.81. The van der Waals surface area contributed by atoms with Crippen molar-refractivity contribution in [2.75, 3.05) is 39.0 Å². The molecule has 0 spiro atoms. The first-order valence-corrected chi connectivity index (χ1v) is 10.9. The minimum atomic E-state index is -3.25. The van der Waals surface area contributed by atoms with Crippen LogP contribution >= 0.6 is 0 Å². The summed E-state index contributed by atoms with van der Waals surface area (Å²) in [4.78, 5) is 18.4. The van der Waals surface area contributed by atoms with Crippen LogP contribution in [0.15, 0.2) is 17.3 Å². The first-order valence-electron chi connectivity index (χ1n) is 9.07. The van der Waals surface area contributed by atoms with Gasteiger partial charge in [-0.1, -0.05) is 0 Å². The van der Waals surface area contributed by atoms with Crippen molar-refractivity contribution in [3.63, 3.8) is 0 Å². The van der Waals surface area contributed by atoms with Gasteiger partial charge in [0.2, 0.25) is 10.0 Å². The van der Waals surface area contributed by atoms with Crippen LogP contribution in [0.25, 0.3) is 0 Å². The number of aliphatic hydroxyl groups is 1. The molecular weight excluding hydrogens is 356 g/mol. The SMILES string of the molecule is Cc1cncn(CC2CCN(CC3(O)CCN(S(C)(=O)=O)C3)CC2)c1=O. The molecule has 1 aromatic rings.